The van der Waals surface area contributed by atoms with Crippen LogP contribution >= 0.6 is 11.6 Å². The van der Waals surface area contributed by atoms with Gasteiger partial charge in [0.2, 0.25) is 0 Å². The molecule has 0 saturated heterocycles. The maximum atomic E-state index is 13.1. The van der Waals surface area contributed by atoms with Crippen LogP contribution in [0.4, 0.5) is 10.1 Å². The zero-order valence-corrected chi connectivity index (χ0v) is 11.7. The molecule has 1 N–H and O–H groups in total. The minimum absolute atomic E-state index is 0.0207. The lowest BCUT2D eigenvalue weighted by molar-refractivity contribution is 0.481. The number of fused-ring (bicyclic) bond motifs is 1. The first kappa shape index (κ1) is 13.6. The second-order valence-electron chi connectivity index (χ2n) is 4.58. The van der Waals surface area contributed by atoms with Gasteiger partial charge in [-0.15, -0.1) is 0 Å². The van der Waals surface area contributed by atoms with Crippen molar-refractivity contribution >= 4 is 34.3 Å². The maximum Gasteiger partial charge on any atom is 0.141 e. The zero-order valence-electron chi connectivity index (χ0n) is 10.9. The first-order valence-corrected chi connectivity index (χ1v) is 6.73. The Morgan fingerprint density at radius 2 is 1.86 bits per heavy atom. The Bertz CT molecular complexity index is 845. The quantitative estimate of drug-likeness (QED) is 0.657. The lowest BCUT2D eigenvalue weighted by atomic mass is 10.1. The molecule has 0 aliphatic rings. The molecule has 0 bridgehead atoms. The van der Waals surface area contributed by atoms with Gasteiger partial charge in [0.25, 0.3) is 0 Å². The van der Waals surface area contributed by atoms with Crippen molar-refractivity contribution in [2.75, 3.05) is 0 Å². The molecule has 0 heterocycles. The number of hydrogen-bond donors (Lipinski definition) is 1. The highest BCUT2D eigenvalue weighted by Crippen LogP contribution is 2.28. The minimum Gasteiger partial charge on any atom is -0.507 e. The third-order valence-electron chi connectivity index (χ3n) is 3.19. The molecule has 0 saturated carbocycles. The molecule has 3 aromatic carbocycles. The standard InChI is InChI=1S/C17H11ClFNO/c18-15-9-13(7-8-16(15)19)20-10-12-6-5-11-3-1-2-4-14(11)17(12)21/h1-10,21H. The van der Waals surface area contributed by atoms with E-state index in [-0.39, 0.29) is 10.8 Å². The van der Waals surface area contributed by atoms with E-state index in [0.717, 1.165) is 10.8 Å². The van der Waals surface area contributed by atoms with Gasteiger partial charge < -0.3 is 5.11 Å². The normalized spacial score (nSPS) is 11.3. The SMILES string of the molecule is Oc1c(C=Nc2ccc(F)c(Cl)c2)ccc2ccccc12. The minimum atomic E-state index is -0.482. The van der Waals surface area contributed by atoms with Crippen LogP contribution in [0.25, 0.3) is 10.8 Å². The summed E-state index contributed by atoms with van der Waals surface area (Å²) in [5.74, 6) is -0.311. The van der Waals surface area contributed by atoms with Gasteiger partial charge in [-0.1, -0.05) is 41.9 Å². The van der Waals surface area contributed by atoms with Crippen molar-refractivity contribution in [3.63, 3.8) is 0 Å². The summed E-state index contributed by atoms with van der Waals surface area (Å²) in [4.78, 5) is 4.21. The van der Waals surface area contributed by atoms with Crippen molar-refractivity contribution in [2.24, 2.45) is 4.99 Å². The Hall–Kier alpha value is -2.39. The summed E-state index contributed by atoms with van der Waals surface area (Å²) in [6.07, 6.45) is 1.53. The van der Waals surface area contributed by atoms with Crippen molar-refractivity contribution in [1.82, 2.24) is 0 Å². The topological polar surface area (TPSA) is 32.6 Å². The van der Waals surface area contributed by atoms with Gasteiger partial charge in [0, 0.05) is 17.2 Å². The summed E-state index contributed by atoms with van der Waals surface area (Å²) in [5, 5.41) is 12.0. The summed E-state index contributed by atoms with van der Waals surface area (Å²) in [6.45, 7) is 0. The number of phenolic OH excluding ortho intramolecular Hbond substituents is 1. The molecular weight excluding hydrogens is 289 g/mol. The van der Waals surface area contributed by atoms with Crippen LogP contribution < -0.4 is 0 Å². The van der Waals surface area contributed by atoms with E-state index in [2.05, 4.69) is 4.99 Å². The van der Waals surface area contributed by atoms with Crippen molar-refractivity contribution < 1.29 is 9.50 Å². The predicted molar refractivity (Wildman–Crippen MR) is 84.3 cm³/mol. The second-order valence-corrected chi connectivity index (χ2v) is 4.99. The summed E-state index contributed by atoms with van der Waals surface area (Å²) in [7, 11) is 0. The van der Waals surface area contributed by atoms with E-state index < -0.39 is 5.82 Å². The highest BCUT2D eigenvalue weighted by atomic mass is 35.5. The largest absolute Gasteiger partial charge is 0.507 e. The van der Waals surface area contributed by atoms with Crippen LogP contribution in [0.15, 0.2) is 59.6 Å². The smallest absolute Gasteiger partial charge is 0.141 e. The van der Waals surface area contributed by atoms with Crippen molar-refractivity contribution in [1.29, 1.82) is 0 Å². The molecule has 0 aromatic heterocycles. The number of rotatable bonds is 2. The van der Waals surface area contributed by atoms with Gasteiger partial charge in [-0.2, -0.15) is 0 Å². The van der Waals surface area contributed by atoms with Gasteiger partial charge in [-0.05, 0) is 29.7 Å². The van der Waals surface area contributed by atoms with E-state index >= 15 is 0 Å². The van der Waals surface area contributed by atoms with Crippen molar-refractivity contribution in [3.8, 4) is 5.75 Å². The van der Waals surface area contributed by atoms with Crippen LogP contribution in [0, 0.1) is 5.82 Å². The lowest BCUT2D eigenvalue weighted by Gasteiger charge is -2.04. The van der Waals surface area contributed by atoms with Crippen LogP contribution in [0.2, 0.25) is 5.02 Å². The molecule has 3 rings (SSSR count). The third kappa shape index (κ3) is 2.73. The summed E-state index contributed by atoms with van der Waals surface area (Å²) in [5.41, 5.74) is 1.11. The number of nitrogens with zero attached hydrogens (tertiary/aromatic N) is 1. The van der Waals surface area contributed by atoms with E-state index in [4.69, 9.17) is 11.6 Å². The Labute approximate surface area is 126 Å². The highest BCUT2D eigenvalue weighted by molar-refractivity contribution is 6.31. The van der Waals surface area contributed by atoms with Crippen molar-refractivity contribution in [2.45, 2.75) is 0 Å². The first-order valence-electron chi connectivity index (χ1n) is 6.35. The Balaban J connectivity index is 1.99. The number of aliphatic imine (C=N–C) groups is 1. The summed E-state index contributed by atoms with van der Waals surface area (Å²) in [6, 6.07) is 15.5. The van der Waals surface area contributed by atoms with Crippen LogP contribution in [-0.2, 0) is 0 Å². The van der Waals surface area contributed by atoms with Crippen LogP contribution in [0.1, 0.15) is 5.56 Å². The number of aromatic hydroxyl groups is 1. The zero-order chi connectivity index (χ0) is 14.8. The van der Waals surface area contributed by atoms with Gasteiger partial charge in [-0.25, -0.2) is 4.39 Å². The van der Waals surface area contributed by atoms with Gasteiger partial charge >= 0.3 is 0 Å². The fourth-order valence-corrected chi connectivity index (χ4v) is 2.26. The van der Waals surface area contributed by atoms with Gasteiger partial charge in [0.15, 0.2) is 0 Å². The number of halogens is 2. The third-order valence-corrected chi connectivity index (χ3v) is 3.48. The molecule has 0 unspecified atom stereocenters. The Kier molecular flexibility index (Phi) is 3.59. The highest BCUT2D eigenvalue weighted by Gasteiger charge is 2.04. The lowest BCUT2D eigenvalue weighted by Crippen LogP contribution is -1.84. The molecule has 0 spiro atoms. The average molecular weight is 300 g/mol. The number of hydrogen-bond acceptors (Lipinski definition) is 2. The van der Waals surface area contributed by atoms with Crippen LogP contribution in [0.5, 0.6) is 5.75 Å². The molecule has 0 radical (unpaired) electrons. The van der Waals surface area contributed by atoms with Gasteiger partial charge in [-0.3, -0.25) is 4.99 Å². The monoisotopic (exact) mass is 299 g/mol. The van der Waals surface area contributed by atoms with E-state index in [1.54, 1.807) is 6.07 Å². The van der Waals surface area contributed by atoms with E-state index in [0.29, 0.717) is 11.3 Å². The van der Waals surface area contributed by atoms with E-state index in [1.807, 2.05) is 30.3 Å². The Morgan fingerprint density at radius 1 is 1.05 bits per heavy atom. The molecular formula is C17H11ClFNO. The van der Waals surface area contributed by atoms with E-state index in [1.165, 1.54) is 24.4 Å². The van der Waals surface area contributed by atoms with E-state index in [9.17, 15) is 9.50 Å². The fraction of sp³-hybridized carbons (Fsp3) is 0. The van der Waals surface area contributed by atoms with Gasteiger partial charge in [0.05, 0.1) is 10.7 Å². The molecule has 0 fully saturated rings. The summed E-state index contributed by atoms with van der Waals surface area (Å²) < 4.78 is 13.1. The average Bonchev–Trinajstić information content (AvgIpc) is 2.50. The van der Waals surface area contributed by atoms with Crippen LogP contribution in [-0.4, -0.2) is 11.3 Å². The molecule has 0 atom stereocenters. The molecule has 0 aliphatic heterocycles. The second kappa shape index (κ2) is 5.54. The molecule has 21 heavy (non-hydrogen) atoms. The van der Waals surface area contributed by atoms with Crippen molar-refractivity contribution in [3.05, 3.63) is 71.0 Å². The maximum absolute atomic E-state index is 13.1. The molecule has 0 aliphatic carbocycles. The molecule has 0 amide bonds. The molecule has 104 valence electrons. The fourth-order valence-electron chi connectivity index (χ4n) is 2.09. The predicted octanol–water partition coefficient (Wildman–Crippen LogP) is 5.09. The molecule has 3 aromatic rings. The summed E-state index contributed by atoms with van der Waals surface area (Å²) >= 11 is 5.71. The first-order chi connectivity index (χ1) is 10.1. The van der Waals surface area contributed by atoms with Gasteiger partial charge in [0.1, 0.15) is 11.6 Å². The number of phenols is 1. The Morgan fingerprint density at radius 3 is 2.67 bits per heavy atom. The molecule has 2 nitrogen and oxygen atoms in total. The van der Waals surface area contributed by atoms with Crippen LogP contribution in [0.3, 0.4) is 0 Å². The number of benzene rings is 3. The molecule has 4 heteroatoms.